The van der Waals surface area contributed by atoms with Crippen LogP contribution in [0.15, 0.2) is 36.7 Å². The SMILES string of the molecule is Cc1nn(-c2ncc(CCl)c3ccccc23)cc1Cl. The van der Waals surface area contributed by atoms with Crippen molar-refractivity contribution < 1.29 is 0 Å². The van der Waals surface area contributed by atoms with E-state index in [1.807, 2.05) is 31.2 Å². The van der Waals surface area contributed by atoms with Gasteiger partial charge in [-0.2, -0.15) is 5.10 Å². The second-order valence-corrected chi connectivity index (χ2v) is 4.97. The Kier molecular flexibility index (Phi) is 3.17. The van der Waals surface area contributed by atoms with Crippen LogP contribution in [0, 0.1) is 6.92 Å². The lowest BCUT2D eigenvalue weighted by molar-refractivity contribution is 0.839. The maximum atomic E-state index is 6.06. The van der Waals surface area contributed by atoms with Gasteiger partial charge < -0.3 is 0 Å². The highest BCUT2D eigenvalue weighted by Crippen LogP contribution is 2.25. The summed E-state index contributed by atoms with van der Waals surface area (Å²) in [7, 11) is 0. The zero-order chi connectivity index (χ0) is 13.4. The van der Waals surface area contributed by atoms with Gasteiger partial charge in [0.1, 0.15) is 0 Å². The standard InChI is InChI=1S/C14H11Cl2N3/c1-9-13(16)8-19(18-9)14-12-5-3-2-4-11(12)10(6-15)7-17-14/h2-5,7-8H,6H2,1H3. The molecule has 1 aromatic carbocycles. The summed E-state index contributed by atoms with van der Waals surface area (Å²) < 4.78 is 1.71. The second kappa shape index (κ2) is 4.83. The fraction of sp³-hybridized carbons (Fsp3) is 0.143. The predicted molar refractivity (Wildman–Crippen MR) is 78.2 cm³/mol. The quantitative estimate of drug-likeness (QED) is 0.665. The maximum Gasteiger partial charge on any atom is 0.161 e. The lowest BCUT2D eigenvalue weighted by Crippen LogP contribution is -2.01. The molecular weight excluding hydrogens is 281 g/mol. The van der Waals surface area contributed by atoms with Gasteiger partial charge in [-0.05, 0) is 17.9 Å². The number of halogens is 2. The van der Waals surface area contributed by atoms with Gasteiger partial charge in [0.2, 0.25) is 0 Å². The van der Waals surface area contributed by atoms with E-state index in [0.717, 1.165) is 27.8 Å². The molecule has 0 radical (unpaired) electrons. The predicted octanol–water partition coefficient (Wildman–Crippen LogP) is 4.12. The Morgan fingerprint density at radius 1 is 1.21 bits per heavy atom. The molecule has 3 aromatic rings. The molecule has 2 heterocycles. The third kappa shape index (κ3) is 2.09. The summed E-state index contributed by atoms with van der Waals surface area (Å²) >= 11 is 12.0. The van der Waals surface area contributed by atoms with Gasteiger partial charge in [0.05, 0.1) is 16.9 Å². The van der Waals surface area contributed by atoms with E-state index in [0.29, 0.717) is 10.9 Å². The maximum absolute atomic E-state index is 6.06. The second-order valence-electron chi connectivity index (χ2n) is 4.29. The van der Waals surface area contributed by atoms with Crippen LogP contribution in [0.5, 0.6) is 0 Å². The minimum Gasteiger partial charge on any atom is -0.236 e. The van der Waals surface area contributed by atoms with E-state index in [-0.39, 0.29) is 0 Å². The summed E-state index contributed by atoms with van der Waals surface area (Å²) in [6, 6.07) is 8.02. The molecule has 0 saturated heterocycles. The van der Waals surface area contributed by atoms with Gasteiger partial charge in [-0.15, -0.1) is 11.6 Å². The van der Waals surface area contributed by atoms with Crippen molar-refractivity contribution in [1.29, 1.82) is 0 Å². The van der Waals surface area contributed by atoms with Crippen molar-refractivity contribution in [1.82, 2.24) is 14.8 Å². The molecule has 3 nitrogen and oxygen atoms in total. The van der Waals surface area contributed by atoms with Crippen LogP contribution in [0.4, 0.5) is 0 Å². The van der Waals surface area contributed by atoms with Crippen LogP contribution in [0.2, 0.25) is 5.02 Å². The van der Waals surface area contributed by atoms with Crippen LogP contribution in [-0.2, 0) is 5.88 Å². The number of pyridine rings is 1. The third-order valence-electron chi connectivity index (χ3n) is 3.06. The average molecular weight is 292 g/mol. The minimum absolute atomic E-state index is 0.437. The van der Waals surface area contributed by atoms with Crippen LogP contribution >= 0.6 is 23.2 Å². The lowest BCUT2D eigenvalue weighted by Gasteiger charge is -2.08. The van der Waals surface area contributed by atoms with Crippen molar-refractivity contribution in [3.05, 3.63) is 52.9 Å². The number of rotatable bonds is 2. The lowest BCUT2D eigenvalue weighted by atomic mass is 10.1. The Bertz CT molecular complexity index is 730. The van der Waals surface area contributed by atoms with Crippen molar-refractivity contribution in [2.75, 3.05) is 0 Å². The van der Waals surface area contributed by atoms with Gasteiger partial charge in [-0.25, -0.2) is 9.67 Å². The molecule has 2 aromatic heterocycles. The molecule has 0 saturated carbocycles. The molecule has 0 aliphatic heterocycles. The Morgan fingerprint density at radius 2 is 1.95 bits per heavy atom. The van der Waals surface area contributed by atoms with Crippen molar-refractivity contribution in [3.8, 4) is 5.82 Å². The molecule has 0 aliphatic rings. The average Bonchev–Trinajstić information content (AvgIpc) is 2.77. The summed E-state index contributed by atoms with van der Waals surface area (Å²) in [6.07, 6.45) is 3.56. The fourth-order valence-corrected chi connectivity index (χ4v) is 2.42. The van der Waals surface area contributed by atoms with Crippen LogP contribution in [0.3, 0.4) is 0 Å². The summed E-state index contributed by atoms with van der Waals surface area (Å²) in [6.45, 7) is 1.87. The molecule has 0 atom stereocenters. The molecule has 0 N–H and O–H groups in total. The highest BCUT2D eigenvalue weighted by molar-refractivity contribution is 6.31. The summed E-state index contributed by atoms with van der Waals surface area (Å²) in [5.41, 5.74) is 1.80. The molecule has 5 heteroatoms. The van der Waals surface area contributed by atoms with Crippen molar-refractivity contribution in [2.45, 2.75) is 12.8 Å². The molecule has 19 heavy (non-hydrogen) atoms. The van der Waals surface area contributed by atoms with Crippen molar-refractivity contribution in [3.63, 3.8) is 0 Å². The first-order valence-electron chi connectivity index (χ1n) is 5.85. The molecular formula is C14H11Cl2N3. The van der Waals surface area contributed by atoms with E-state index < -0.39 is 0 Å². The fourth-order valence-electron chi connectivity index (χ4n) is 2.07. The number of hydrogen-bond donors (Lipinski definition) is 0. The van der Waals surface area contributed by atoms with Crippen LogP contribution < -0.4 is 0 Å². The molecule has 0 amide bonds. The number of benzene rings is 1. The van der Waals surface area contributed by atoms with E-state index in [1.165, 1.54) is 0 Å². The number of nitrogens with zero attached hydrogens (tertiary/aromatic N) is 3. The topological polar surface area (TPSA) is 30.7 Å². The van der Waals surface area contributed by atoms with Crippen LogP contribution in [0.1, 0.15) is 11.3 Å². The monoisotopic (exact) mass is 291 g/mol. The summed E-state index contributed by atoms with van der Waals surface area (Å²) in [5, 5.41) is 7.11. The normalized spacial score (nSPS) is 11.1. The smallest absolute Gasteiger partial charge is 0.161 e. The minimum atomic E-state index is 0.437. The van der Waals surface area contributed by atoms with Crippen LogP contribution in [-0.4, -0.2) is 14.8 Å². The third-order valence-corrected chi connectivity index (χ3v) is 3.72. The van der Waals surface area contributed by atoms with E-state index in [4.69, 9.17) is 23.2 Å². The number of aryl methyl sites for hydroxylation is 1. The zero-order valence-corrected chi connectivity index (χ0v) is 11.8. The first kappa shape index (κ1) is 12.5. The molecule has 0 spiro atoms. The van der Waals surface area contributed by atoms with Gasteiger partial charge >= 0.3 is 0 Å². The Labute approximate surface area is 120 Å². The highest BCUT2D eigenvalue weighted by Gasteiger charge is 2.10. The van der Waals surface area contributed by atoms with Crippen LogP contribution in [0.25, 0.3) is 16.6 Å². The first-order valence-corrected chi connectivity index (χ1v) is 6.76. The molecule has 3 rings (SSSR count). The molecule has 0 unspecified atom stereocenters. The number of fused-ring (bicyclic) bond motifs is 1. The molecule has 0 bridgehead atoms. The molecule has 0 fully saturated rings. The van der Waals surface area contributed by atoms with Crippen molar-refractivity contribution in [2.24, 2.45) is 0 Å². The summed E-state index contributed by atoms with van der Waals surface area (Å²) in [4.78, 5) is 4.46. The molecule has 0 aliphatic carbocycles. The Morgan fingerprint density at radius 3 is 2.58 bits per heavy atom. The Hall–Kier alpha value is -1.58. The van der Waals surface area contributed by atoms with Gasteiger partial charge in [0, 0.05) is 17.5 Å². The number of aromatic nitrogens is 3. The van der Waals surface area contributed by atoms with E-state index in [9.17, 15) is 0 Å². The first-order chi connectivity index (χ1) is 9.20. The van der Waals surface area contributed by atoms with Gasteiger partial charge in [-0.1, -0.05) is 35.9 Å². The largest absolute Gasteiger partial charge is 0.236 e. The molecule has 96 valence electrons. The van der Waals surface area contributed by atoms with E-state index in [2.05, 4.69) is 10.1 Å². The summed E-state index contributed by atoms with van der Waals surface area (Å²) in [5.74, 6) is 1.20. The Balaban J connectivity index is 2.30. The van der Waals surface area contributed by atoms with Gasteiger partial charge in [-0.3, -0.25) is 0 Å². The van der Waals surface area contributed by atoms with E-state index >= 15 is 0 Å². The highest BCUT2D eigenvalue weighted by atomic mass is 35.5. The number of hydrogen-bond acceptors (Lipinski definition) is 2. The van der Waals surface area contributed by atoms with Gasteiger partial charge in [0.15, 0.2) is 5.82 Å². The van der Waals surface area contributed by atoms with Crippen molar-refractivity contribution >= 4 is 34.0 Å². The van der Waals surface area contributed by atoms with E-state index in [1.54, 1.807) is 17.1 Å². The number of alkyl halides is 1. The van der Waals surface area contributed by atoms with Gasteiger partial charge in [0.25, 0.3) is 0 Å². The zero-order valence-electron chi connectivity index (χ0n) is 10.3.